The van der Waals surface area contributed by atoms with E-state index in [0.29, 0.717) is 23.9 Å². The number of amides is 1. The van der Waals surface area contributed by atoms with Crippen LogP contribution >= 0.6 is 0 Å². The summed E-state index contributed by atoms with van der Waals surface area (Å²) >= 11 is 0. The van der Waals surface area contributed by atoms with Gasteiger partial charge in [-0.25, -0.2) is 4.98 Å². The van der Waals surface area contributed by atoms with E-state index >= 15 is 0 Å². The van der Waals surface area contributed by atoms with Crippen LogP contribution in [0.5, 0.6) is 0 Å². The van der Waals surface area contributed by atoms with Crippen LogP contribution in [0.2, 0.25) is 0 Å². The van der Waals surface area contributed by atoms with Gasteiger partial charge in [0.15, 0.2) is 0 Å². The summed E-state index contributed by atoms with van der Waals surface area (Å²) in [6.45, 7) is 2.39. The first-order valence-electron chi connectivity index (χ1n) is 11.5. The maximum atomic E-state index is 13.8. The molecule has 0 saturated heterocycles. The third kappa shape index (κ3) is 5.17. The molecule has 0 aliphatic carbocycles. The van der Waals surface area contributed by atoms with Gasteiger partial charge in [-0.15, -0.1) is 0 Å². The zero-order valence-electron chi connectivity index (χ0n) is 19.4. The number of aromatic nitrogens is 3. The standard InChI is InChI=1S/C29H25N5O/c1-21(23-9-3-2-4-10-23)32-29-31-17-15-27(33-29)34(20-22-8-7-16-30-19-22)28(35)26-14-13-24-11-5-6-12-25(24)18-26/h2-19,21H,20H2,1H3,(H,31,32,33)/t21-/m0/s1. The molecule has 0 unspecified atom stereocenters. The molecule has 0 bridgehead atoms. The Morgan fingerprint density at radius 3 is 2.49 bits per heavy atom. The van der Waals surface area contributed by atoms with Crippen molar-refractivity contribution in [3.8, 4) is 0 Å². The molecule has 0 fully saturated rings. The van der Waals surface area contributed by atoms with E-state index in [9.17, 15) is 4.79 Å². The largest absolute Gasteiger partial charge is 0.348 e. The topological polar surface area (TPSA) is 71.0 Å². The molecule has 0 aliphatic rings. The van der Waals surface area contributed by atoms with Gasteiger partial charge < -0.3 is 5.32 Å². The van der Waals surface area contributed by atoms with Gasteiger partial charge in [0.2, 0.25) is 5.95 Å². The van der Waals surface area contributed by atoms with Crippen LogP contribution in [0.15, 0.2) is 110 Å². The number of carbonyl (C=O) groups excluding carboxylic acids is 1. The maximum absolute atomic E-state index is 13.8. The molecule has 5 rings (SSSR count). The van der Waals surface area contributed by atoms with E-state index in [0.717, 1.165) is 21.9 Å². The highest BCUT2D eigenvalue weighted by molar-refractivity contribution is 6.07. The minimum absolute atomic E-state index is 0.00872. The molecule has 35 heavy (non-hydrogen) atoms. The molecule has 5 aromatic rings. The highest BCUT2D eigenvalue weighted by Crippen LogP contribution is 2.23. The number of rotatable bonds is 7. The second kappa shape index (κ2) is 10.1. The van der Waals surface area contributed by atoms with E-state index in [-0.39, 0.29) is 11.9 Å². The zero-order valence-corrected chi connectivity index (χ0v) is 19.4. The average Bonchev–Trinajstić information content (AvgIpc) is 2.92. The second-order valence-corrected chi connectivity index (χ2v) is 8.33. The summed E-state index contributed by atoms with van der Waals surface area (Å²) in [6, 6.07) is 29.4. The Balaban J connectivity index is 1.48. The van der Waals surface area contributed by atoms with Gasteiger partial charge in [-0.1, -0.05) is 66.7 Å². The van der Waals surface area contributed by atoms with Gasteiger partial charge in [0.1, 0.15) is 5.82 Å². The number of hydrogen-bond donors (Lipinski definition) is 1. The van der Waals surface area contributed by atoms with Crippen LogP contribution in [0, 0.1) is 0 Å². The van der Waals surface area contributed by atoms with Crippen LogP contribution in [0.25, 0.3) is 10.8 Å². The van der Waals surface area contributed by atoms with Crippen LogP contribution in [0.1, 0.15) is 34.5 Å². The lowest BCUT2D eigenvalue weighted by atomic mass is 10.1. The maximum Gasteiger partial charge on any atom is 0.259 e. The van der Waals surface area contributed by atoms with Crippen molar-refractivity contribution in [2.24, 2.45) is 0 Å². The van der Waals surface area contributed by atoms with Gasteiger partial charge in [0.05, 0.1) is 12.6 Å². The molecule has 172 valence electrons. The quantitative estimate of drug-likeness (QED) is 0.321. The summed E-state index contributed by atoms with van der Waals surface area (Å²) in [5, 5.41) is 5.45. The number of pyridine rings is 1. The summed E-state index contributed by atoms with van der Waals surface area (Å²) in [7, 11) is 0. The number of anilines is 2. The fraction of sp³-hybridized carbons (Fsp3) is 0.103. The molecule has 6 heteroatoms. The van der Waals surface area contributed by atoms with Crippen LogP contribution in [-0.4, -0.2) is 20.9 Å². The number of hydrogen-bond acceptors (Lipinski definition) is 5. The molecule has 0 spiro atoms. The summed E-state index contributed by atoms with van der Waals surface area (Å²) in [4.78, 5) is 28.8. The molecule has 1 amide bonds. The van der Waals surface area contributed by atoms with E-state index < -0.39 is 0 Å². The molecule has 1 N–H and O–H groups in total. The Bertz CT molecular complexity index is 1440. The molecular formula is C29H25N5O. The first-order valence-corrected chi connectivity index (χ1v) is 11.5. The third-order valence-electron chi connectivity index (χ3n) is 5.87. The molecular weight excluding hydrogens is 434 g/mol. The first kappa shape index (κ1) is 22.2. The van der Waals surface area contributed by atoms with Gasteiger partial charge in [0, 0.05) is 24.2 Å². The molecule has 0 radical (unpaired) electrons. The van der Waals surface area contributed by atoms with E-state index in [1.165, 1.54) is 0 Å². The Kier molecular flexibility index (Phi) is 6.44. The number of fused-ring (bicyclic) bond motifs is 1. The van der Waals surface area contributed by atoms with Crippen LogP contribution < -0.4 is 10.2 Å². The minimum atomic E-state index is -0.139. The molecule has 3 aromatic carbocycles. The van der Waals surface area contributed by atoms with Crippen molar-refractivity contribution in [3.63, 3.8) is 0 Å². The number of nitrogens with one attached hydrogen (secondary N) is 1. The minimum Gasteiger partial charge on any atom is -0.348 e. The van der Waals surface area contributed by atoms with Gasteiger partial charge in [-0.3, -0.25) is 14.7 Å². The van der Waals surface area contributed by atoms with Gasteiger partial charge in [-0.05, 0) is 53.1 Å². The van der Waals surface area contributed by atoms with Crippen LogP contribution in [-0.2, 0) is 6.54 Å². The van der Waals surface area contributed by atoms with Crippen molar-refractivity contribution in [2.45, 2.75) is 19.5 Å². The predicted octanol–water partition coefficient (Wildman–Crippen LogP) is 6.04. The van der Waals surface area contributed by atoms with Crippen molar-refractivity contribution in [3.05, 3.63) is 126 Å². The second-order valence-electron chi connectivity index (χ2n) is 8.33. The van der Waals surface area contributed by atoms with Crippen LogP contribution in [0.4, 0.5) is 11.8 Å². The molecule has 1 atom stereocenters. The Morgan fingerprint density at radius 1 is 0.886 bits per heavy atom. The summed E-state index contributed by atoms with van der Waals surface area (Å²) in [5.41, 5.74) is 2.63. The van der Waals surface area contributed by atoms with Crippen LogP contribution in [0.3, 0.4) is 0 Å². The molecule has 6 nitrogen and oxygen atoms in total. The summed E-state index contributed by atoms with van der Waals surface area (Å²) in [5.74, 6) is 0.839. The third-order valence-corrected chi connectivity index (χ3v) is 5.87. The SMILES string of the molecule is C[C@H](Nc1nccc(N(Cc2cccnc2)C(=O)c2ccc3ccccc3c2)n1)c1ccccc1. The molecule has 2 aromatic heterocycles. The van der Waals surface area contributed by atoms with Crippen molar-refractivity contribution < 1.29 is 4.79 Å². The fourth-order valence-corrected chi connectivity index (χ4v) is 4.00. The van der Waals surface area contributed by atoms with E-state index in [1.54, 1.807) is 29.6 Å². The highest BCUT2D eigenvalue weighted by Gasteiger charge is 2.21. The zero-order chi connectivity index (χ0) is 24.0. The Hall–Kier alpha value is -4.58. The predicted molar refractivity (Wildman–Crippen MR) is 139 cm³/mol. The lowest BCUT2D eigenvalue weighted by molar-refractivity contribution is 0.0984. The van der Waals surface area contributed by atoms with Gasteiger partial charge in [-0.2, -0.15) is 4.98 Å². The van der Waals surface area contributed by atoms with E-state index in [4.69, 9.17) is 4.98 Å². The lowest BCUT2D eigenvalue weighted by Gasteiger charge is -2.23. The summed E-state index contributed by atoms with van der Waals surface area (Å²) < 4.78 is 0. The number of nitrogens with zero attached hydrogens (tertiary/aromatic N) is 4. The van der Waals surface area contributed by atoms with Crippen molar-refractivity contribution in [1.82, 2.24) is 15.0 Å². The molecule has 2 heterocycles. The molecule has 0 saturated carbocycles. The highest BCUT2D eigenvalue weighted by atomic mass is 16.2. The van der Waals surface area contributed by atoms with Gasteiger partial charge >= 0.3 is 0 Å². The lowest BCUT2D eigenvalue weighted by Crippen LogP contribution is -2.31. The monoisotopic (exact) mass is 459 g/mol. The number of benzene rings is 3. The Labute approximate surface area is 204 Å². The molecule has 0 aliphatic heterocycles. The van der Waals surface area contributed by atoms with Crippen molar-refractivity contribution in [1.29, 1.82) is 0 Å². The van der Waals surface area contributed by atoms with Gasteiger partial charge in [0.25, 0.3) is 5.91 Å². The normalized spacial score (nSPS) is 11.7. The van der Waals surface area contributed by atoms with E-state index in [2.05, 4.69) is 34.3 Å². The average molecular weight is 460 g/mol. The number of carbonyl (C=O) groups is 1. The fourth-order valence-electron chi connectivity index (χ4n) is 4.00. The first-order chi connectivity index (χ1) is 17.2. The summed E-state index contributed by atoms with van der Waals surface area (Å²) in [6.07, 6.45) is 5.15. The van der Waals surface area contributed by atoms with Crippen molar-refractivity contribution >= 4 is 28.4 Å². The van der Waals surface area contributed by atoms with E-state index in [1.807, 2.05) is 72.8 Å². The Morgan fingerprint density at radius 2 is 1.69 bits per heavy atom. The smallest absolute Gasteiger partial charge is 0.259 e. The van der Waals surface area contributed by atoms with Crippen molar-refractivity contribution in [2.75, 3.05) is 10.2 Å².